The van der Waals surface area contributed by atoms with Crippen molar-refractivity contribution in [2.45, 2.75) is 32.6 Å². The summed E-state index contributed by atoms with van der Waals surface area (Å²) in [6, 6.07) is 8.63. The number of aromatic amines is 1. The molecule has 1 aromatic heterocycles. The minimum atomic E-state index is 0.377. The number of aromatic nitrogens is 2. The van der Waals surface area contributed by atoms with Crippen molar-refractivity contribution in [3.63, 3.8) is 0 Å². The van der Waals surface area contributed by atoms with Crippen molar-refractivity contribution >= 4 is 12.2 Å². The number of hydrogen-bond acceptors (Lipinski definition) is 2. The van der Waals surface area contributed by atoms with Crippen molar-refractivity contribution < 1.29 is 0 Å². The Morgan fingerprint density at radius 2 is 2.06 bits per heavy atom. The fourth-order valence-electron chi connectivity index (χ4n) is 2.67. The molecule has 0 fully saturated rings. The number of H-pyrrole nitrogens is 1. The number of nitrogens with zero attached hydrogens (tertiary/aromatic N) is 1. The Bertz CT molecular complexity index is 658. The Kier molecular flexibility index (Phi) is 2.78. The Labute approximate surface area is 112 Å². The van der Waals surface area contributed by atoms with Gasteiger partial charge in [-0.25, -0.2) is 4.98 Å². The zero-order chi connectivity index (χ0) is 12.7. The maximum absolute atomic E-state index is 5.33. The smallest absolute Gasteiger partial charge is 0.132 e. The molecule has 3 heteroatoms. The van der Waals surface area contributed by atoms with Gasteiger partial charge in [0, 0.05) is 17.2 Å². The maximum Gasteiger partial charge on any atom is 0.132 e. The van der Waals surface area contributed by atoms with Crippen LogP contribution in [0.4, 0.5) is 0 Å². The van der Waals surface area contributed by atoms with E-state index in [1.807, 2.05) is 6.92 Å². The van der Waals surface area contributed by atoms with Crippen molar-refractivity contribution in [2.24, 2.45) is 0 Å². The molecule has 1 heterocycles. The lowest BCUT2D eigenvalue weighted by Crippen LogP contribution is -2.06. The van der Waals surface area contributed by atoms with Crippen LogP contribution in [-0.4, -0.2) is 9.97 Å². The van der Waals surface area contributed by atoms with Crippen molar-refractivity contribution in [3.8, 4) is 0 Å². The van der Waals surface area contributed by atoms with Gasteiger partial charge in [-0.15, -0.1) is 0 Å². The fourth-order valence-corrected chi connectivity index (χ4v) is 2.93. The standard InChI is InChI=1S/C15H16N2S/c1-9-10(2)16-14(17-15(9)18)13-8-7-11-5-3-4-6-12(11)13/h3-6,13H,7-8H2,1-2H3,(H,16,17,18). The molecule has 1 atom stereocenters. The highest BCUT2D eigenvalue weighted by atomic mass is 32.1. The first-order valence-electron chi connectivity index (χ1n) is 6.32. The molecule has 1 N–H and O–H groups in total. The summed E-state index contributed by atoms with van der Waals surface area (Å²) in [4.78, 5) is 8.00. The Morgan fingerprint density at radius 1 is 1.28 bits per heavy atom. The monoisotopic (exact) mass is 256 g/mol. The molecule has 0 bridgehead atoms. The summed E-state index contributed by atoms with van der Waals surface area (Å²) in [5.41, 5.74) is 5.06. The van der Waals surface area contributed by atoms with Gasteiger partial charge < -0.3 is 4.98 Å². The molecule has 3 rings (SSSR count). The highest BCUT2D eigenvalue weighted by molar-refractivity contribution is 7.71. The molecular weight excluding hydrogens is 240 g/mol. The number of aryl methyl sites for hydroxylation is 2. The second-order valence-electron chi connectivity index (χ2n) is 4.97. The molecule has 1 aromatic carbocycles. The number of rotatable bonds is 1. The largest absolute Gasteiger partial charge is 0.347 e. The van der Waals surface area contributed by atoms with Crippen LogP contribution in [0, 0.1) is 18.5 Å². The van der Waals surface area contributed by atoms with E-state index in [-0.39, 0.29) is 0 Å². The van der Waals surface area contributed by atoms with Crippen LogP contribution in [0.15, 0.2) is 24.3 Å². The van der Waals surface area contributed by atoms with E-state index in [1.54, 1.807) is 0 Å². The maximum atomic E-state index is 5.33. The van der Waals surface area contributed by atoms with Crippen LogP contribution >= 0.6 is 12.2 Å². The Hall–Kier alpha value is -1.48. The summed E-state index contributed by atoms with van der Waals surface area (Å²) in [7, 11) is 0. The van der Waals surface area contributed by atoms with Crippen molar-refractivity contribution in [2.75, 3.05) is 0 Å². The lowest BCUT2D eigenvalue weighted by molar-refractivity contribution is 0.719. The third-order valence-electron chi connectivity index (χ3n) is 3.88. The van der Waals surface area contributed by atoms with Gasteiger partial charge in [0.05, 0.1) is 0 Å². The van der Waals surface area contributed by atoms with Gasteiger partial charge in [0.1, 0.15) is 10.5 Å². The van der Waals surface area contributed by atoms with Gasteiger partial charge >= 0.3 is 0 Å². The van der Waals surface area contributed by atoms with Crippen molar-refractivity contribution in [1.82, 2.24) is 9.97 Å². The van der Waals surface area contributed by atoms with Gasteiger partial charge in [0.15, 0.2) is 0 Å². The van der Waals surface area contributed by atoms with Gasteiger partial charge in [0.25, 0.3) is 0 Å². The molecule has 0 amide bonds. The first kappa shape index (κ1) is 11.6. The second-order valence-corrected chi connectivity index (χ2v) is 5.35. The van der Waals surface area contributed by atoms with E-state index in [0.29, 0.717) is 5.92 Å². The molecule has 92 valence electrons. The van der Waals surface area contributed by atoms with Crippen LogP contribution in [0.3, 0.4) is 0 Å². The lowest BCUT2D eigenvalue weighted by atomic mass is 10.0. The van der Waals surface area contributed by atoms with E-state index in [2.05, 4.69) is 41.2 Å². The number of hydrogen-bond donors (Lipinski definition) is 1. The van der Waals surface area contributed by atoms with Crippen LogP contribution in [0.5, 0.6) is 0 Å². The summed E-state index contributed by atoms with van der Waals surface area (Å²) in [6.07, 6.45) is 2.26. The van der Waals surface area contributed by atoms with Gasteiger partial charge in [-0.05, 0) is 37.8 Å². The summed E-state index contributed by atoms with van der Waals surface area (Å²) in [5.74, 6) is 1.40. The van der Waals surface area contributed by atoms with Crippen LogP contribution in [0.2, 0.25) is 0 Å². The summed E-state index contributed by atoms with van der Waals surface area (Å²) >= 11 is 5.33. The zero-order valence-electron chi connectivity index (χ0n) is 10.7. The second kappa shape index (κ2) is 4.32. The average Bonchev–Trinajstić information content (AvgIpc) is 2.79. The van der Waals surface area contributed by atoms with Crippen molar-refractivity contribution in [3.05, 3.63) is 57.1 Å². The van der Waals surface area contributed by atoms with E-state index in [1.165, 1.54) is 11.1 Å². The first-order valence-corrected chi connectivity index (χ1v) is 6.73. The molecule has 0 aliphatic heterocycles. The minimum absolute atomic E-state index is 0.377. The predicted molar refractivity (Wildman–Crippen MR) is 75.5 cm³/mol. The Morgan fingerprint density at radius 3 is 2.83 bits per heavy atom. The molecule has 0 saturated heterocycles. The fraction of sp³-hybridized carbons (Fsp3) is 0.333. The molecule has 0 radical (unpaired) electrons. The number of fused-ring (bicyclic) bond motifs is 1. The third kappa shape index (κ3) is 1.79. The first-order chi connectivity index (χ1) is 8.66. The lowest BCUT2D eigenvalue weighted by Gasteiger charge is -2.13. The van der Waals surface area contributed by atoms with Gasteiger partial charge in [-0.1, -0.05) is 36.5 Å². The molecule has 18 heavy (non-hydrogen) atoms. The van der Waals surface area contributed by atoms with E-state index < -0.39 is 0 Å². The Balaban J connectivity index is 2.11. The normalized spacial score (nSPS) is 17.8. The van der Waals surface area contributed by atoms with Gasteiger partial charge in [0.2, 0.25) is 0 Å². The quantitative estimate of drug-likeness (QED) is 0.785. The predicted octanol–water partition coefficient (Wildman–Crippen LogP) is 3.83. The molecule has 1 unspecified atom stereocenters. The molecule has 2 aromatic rings. The van der Waals surface area contributed by atoms with E-state index in [4.69, 9.17) is 12.2 Å². The van der Waals surface area contributed by atoms with Crippen molar-refractivity contribution in [1.29, 1.82) is 0 Å². The van der Waals surface area contributed by atoms with E-state index in [0.717, 1.165) is 34.6 Å². The number of benzene rings is 1. The zero-order valence-corrected chi connectivity index (χ0v) is 11.5. The van der Waals surface area contributed by atoms with Gasteiger partial charge in [-0.3, -0.25) is 0 Å². The average molecular weight is 256 g/mol. The minimum Gasteiger partial charge on any atom is -0.347 e. The molecule has 2 nitrogen and oxygen atoms in total. The molecule has 0 saturated carbocycles. The van der Waals surface area contributed by atoms with Crippen LogP contribution < -0.4 is 0 Å². The highest BCUT2D eigenvalue weighted by Gasteiger charge is 2.25. The van der Waals surface area contributed by atoms with E-state index in [9.17, 15) is 0 Å². The van der Waals surface area contributed by atoms with Crippen LogP contribution in [0.25, 0.3) is 0 Å². The molecule has 1 aliphatic rings. The summed E-state index contributed by atoms with van der Waals surface area (Å²) in [6.45, 7) is 4.09. The van der Waals surface area contributed by atoms with Crippen LogP contribution in [0.1, 0.15) is 40.5 Å². The topological polar surface area (TPSA) is 28.7 Å². The number of nitrogens with one attached hydrogen (secondary N) is 1. The summed E-state index contributed by atoms with van der Waals surface area (Å²) < 4.78 is 0.727. The molecule has 1 aliphatic carbocycles. The molecular formula is C15H16N2S. The highest BCUT2D eigenvalue weighted by Crippen LogP contribution is 2.36. The van der Waals surface area contributed by atoms with Gasteiger partial charge in [-0.2, -0.15) is 0 Å². The summed E-state index contributed by atoms with van der Waals surface area (Å²) in [5, 5.41) is 0. The molecule has 0 spiro atoms. The SMILES string of the molecule is Cc1[nH]c(C2CCc3ccccc32)nc(=S)c1C. The third-order valence-corrected chi connectivity index (χ3v) is 4.28. The van der Waals surface area contributed by atoms with Crippen LogP contribution in [-0.2, 0) is 6.42 Å². The van der Waals surface area contributed by atoms with E-state index >= 15 is 0 Å².